The molecular weight excluding hydrogens is 281 g/mol. The van der Waals surface area contributed by atoms with E-state index in [0.29, 0.717) is 11.3 Å². The minimum atomic E-state index is -0.326. The van der Waals surface area contributed by atoms with Crippen molar-refractivity contribution in [1.29, 1.82) is 0 Å². The van der Waals surface area contributed by atoms with E-state index in [1.165, 1.54) is 24.3 Å². The number of hydrogen-bond donors (Lipinski definition) is 0. The van der Waals surface area contributed by atoms with Crippen LogP contribution in [0.3, 0.4) is 0 Å². The van der Waals surface area contributed by atoms with Gasteiger partial charge in [-0.2, -0.15) is 0 Å². The van der Waals surface area contributed by atoms with Gasteiger partial charge in [-0.15, -0.1) is 0 Å². The Morgan fingerprint density at radius 1 is 1.18 bits per heavy atom. The lowest BCUT2D eigenvalue weighted by Gasteiger charge is -2.25. The van der Waals surface area contributed by atoms with Crippen molar-refractivity contribution in [3.8, 4) is 5.75 Å². The maximum atomic E-state index is 12.8. The van der Waals surface area contributed by atoms with E-state index in [9.17, 15) is 9.18 Å². The SMILES string of the molecule is Cc1cc(C(=O)COc2ccc(F)cc2)c(C)n1C(C)(C)C. The van der Waals surface area contributed by atoms with Crippen molar-refractivity contribution < 1.29 is 13.9 Å². The minimum Gasteiger partial charge on any atom is -0.485 e. The quantitative estimate of drug-likeness (QED) is 0.790. The topological polar surface area (TPSA) is 31.2 Å². The van der Waals surface area contributed by atoms with Gasteiger partial charge < -0.3 is 9.30 Å². The zero-order chi connectivity index (χ0) is 16.5. The highest BCUT2D eigenvalue weighted by Gasteiger charge is 2.22. The van der Waals surface area contributed by atoms with Gasteiger partial charge in [0.2, 0.25) is 5.78 Å². The highest BCUT2D eigenvalue weighted by atomic mass is 19.1. The molecule has 0 aliphatic heterocycles. The van der Waals surface area contributed by atoms with E-state index in [1.54, 1.807) is 0 Å². The normalized spacial score (nSPS) is 11.5. The molecule has 4 heteroatoms. The summed E-state index contributed by atoms with van der Waals surface area (Å²) in [5.41, 5.74) is 2.59. The van der Waals surface area contributed by atoms with Crippen LogP contribution in [0.1, 0.15) is 42.5 Å². The van der Waals surface area contributed by atoms with E-state index in [0.717, 1.165) is 11.4 Å². The number of aryl methyl sites for hydroxylation is 1. The number of nitrogens with zero attached hydrogens (tertiary/aromatic N) is 1. The number of hydrogen-bond acceptors (Lipinski definition) is 2. The first-order chi connectivity index (χ1) is 10.2. The molecule has 0 amide bonds. The zero-order valence-electron chi connectivity index (χ0n) is 13.7. The number of ether oxygens (including phenoxy) is 1. The molecule has 0 saturated heterocycles. The fraction of sp³-hybridized carbons (Fsp3) is 0.389. The van der Waals surface area contributed by atoms with Crippen LogP contribution in [0.25, 0.3) is 0 Å². The molecule has 1 aromatic carbocycles. The average molecular weight is 303 g/mol. The molecule has 0 unspecified atom stereocenters. The third-order valence-corrected chi connectivity index (χ3v) is 3.59. The van der Waals surface area contributed by atoms with Gasteiger partial charge in [-0.05, 0) is 65.0 Å². The van der Waals surface area contributed by atoms with Crippen LogP contribution in [0.5, 0.6) is 5.75 Å². The summed E-state index contributed by atoms with van der Waals surface area (Å²) in [4.78, 5) is 12.4. The number of aromatic nitrogens is 1. The second kappa shape index (κ2) is 5.95. The molecule has 0 atom stereocenters. The Morgan fingerprint density at radius 3 is 2.27 bits per heavy atom. The number of carbonyl (C=O) groups is 1. The van der Waals surface area contributed by atoms with Gasteiger partial charge in [0.1, 0.15) is 11.6 Å². The summed E-state index contributed by atoms with van der Waals surface area (Å²) in [5, 5.41) is 0. The zero-order valence-corrected chi connectivity index (χ0v) is 13.7. The van der Waals surface area contributed by atoms with Crippen LogP contribution < -0.4 is 4.74 Å². The molecule has 118 valence electrons. The fourth-order valence-corrected chi connectivity index (χ4v) is 2.83. The largest absolute Gasteiger partial charge is 0.485 e. The van der Waals surface area contributed by atoms with Crippen LogP contribution in [-0.4, -0.2) is 17.0 Å². The van der Waals surface area contributed by atoms with E-state index < -0.39 is 0 Å². The lowest BCUT2D eigenvalue weighted by atomic mass is 10.1. The summed E-state index contributed by atoms with van der Waals surface area (Å²) in [6, 6.07) is 7.55. The lowest BCUT2D eigenvalue weighted by molar-refractivity contribution is 0.0920. The van der Waals surface area contributed by atoms with E-state index in [-0.39, 0.29) is 23.7 Å². The van der Waals surface area contributed by atoms with Crippen LogP contribution >= 0.6 is 0 Å². The highest BCUT2D eigenvalue weighted by molar-refractivity contribution is 5.98. The van der Waals surface area contributed by atoms with E-state index in [1.807, 2.05) is 19.9 Å². The van der Waals surface area contributed by atoms with Crippen LogP contribution in [0, 0.1) is 19.7 Å². The predicted octanol–water partition coefficient (Wildman–Crippen LogP) is 4.26. The number of carbonyl (C=O) groups excluding carboxylic acids is 1. The van der Waals surface area contributed by atoms with Gasteiger partial charge in [-0.25, -0.2) is 4.39 Å². The minimum absolute atomic E-state index is 0.0555. The van der Waals surface area contributed by atoms with Gasteiger partial charge in [0.15, 0.2) is 6.61 Å². The fourth-order valence-electron chi connectivity index (χ4n) is 2.83. The summed E-state index contributed by atoms with van der Waals surface area (Å²) in [5.74, 6) is 0.0831. The second-order valence-corrected chi connectivity index (χ2v) is 6.46. The maximum Gasteiger partial charge on any atom is 0.202 e. The van der Waals surface area contributed by atoms with Crippen LogP contribution in [-0.2, 0) is 5.54 Å². The van der Waals surface area contributed by atoms with Gasteiger partial charge in [0, 0.05) is 22.5 Å². The molecule has 0 N–H and O–H groups in total. The standard InChI is InChI=1S/C18H22FNO2/c1-12-10-16(13(2)20(12)18(3,4)5)17(21)11-22-15-8-6-14(19)7-9-15/h6-10H,11H2,1-5H3. The van der Waals surface area contributed by atoms with Crippen molar-refractivity contribution in [2.24, 2.45) is 0 Å². The lowest BCUT2D eigenvalue weighted by Crippen LogP contribution is -2.24. The Bertz CT molecular complexity index is 678. The summed E-state index contributed by atoms with van der Waals surface area (Å²) >= 11 is 0. The van der Waals surface area contributed by atoms with E-state index in [4.69, 9.17) is 4.74 Å². The highest BCUT2D eigenvalue weighted by Crippen LogP contribution is 2.25. The van der Waals surface area contributed by atoms with Crippen molar-refractivity contribution in [1.82, 2.24) is 4.57 Å². The van der Waals surface area contributed by atoms with Crippen molar-refractivity contribution in [2.75, 3.05) is 6.61 Å². The summed E-state index contributed by atoms with van der Waals surface area (Å²) in [7, 11) is 0. The Morgan fingerprint density at radius 2 is 1.77 bits per heavy atom. The third-order valence-electron chi connectivity index (χ3n) is 3.59. The van der Waals surface area contributed by atoms with Crippen molar-refractivity contribution in [3.63, 3.8) is 0 Å². The second-order valence-electron chi connectivity index (χ2n) is 6.46. The number of Topliss-reactive ketones (excluding diaryl/α,β-unsaturated/α-hetero) is 1. The molecule has 2 aromatic rings. The molecule has 3 nitrogen and oxygen atoms in total. The van der Waals surface area contributed by atoms with E-state index >= 15 is 0 Å². The molecular formula is C18H22FNO2. The molecule has 0 aliphatic carbocycles. The van der Waals surface area contributed by atoms with Crippen LogP contribution in [0.4, 0.5) is 4.39 Å². The molecule has 0 aliphatic rings. The van der Waals surface area contributed by atoms with Crippen molar-refractivity contribution >= 4 is 5.78 Å². The molecule has 1 aromatic heterocycles. The first-order valence-electron chi connectivity index (χ1n) is 7.31. The predicted molar refractivity (Wildman–Crippen MR) is 85.1 cm³/mol. The van der Waals surface area contributed by atoms with Crippen LogP contribution in [0.2, 0.25) is 0 Å². The Labute approximate surface area is 130 Å². The van der Waals surface area contributed by atoms with Gasteiger partial charge in [0.05, 0.1) is 0 Å². The molecule has 22 heavy (non-hydrogen) atoms. The maximum absolute atomic E-state index is 12.8. The molecule has 0 bridgehead atoms. The molecule has 0 spiro atoms. The number of rotatable bonds is 4. The molecule has 0 fully saturated rings. The van der Waals surface area contributed by atoms with Gasteiger partial charge in [0.25, 0.3) is 0 Å². The number of ketones is 1. The molecule has 1 heterocycles. The van der Waals surface area contributed by atoms with Gasteiger partial charge in [-0.3, -0.25) is 4.79 Å². The Balaban J connectivity index is 2.15. The summed E-state index contributed by atoms with van der Waals surface area (Å²) in [6.07, 6.45) is 0. The Hall–Kier alpha value is -2.10. The molecule has 2 rings (SSSR count). The molecule has 0 saturated carbocycles. The van der Waals surface area contributed by atoms with Crippen LogP contribution in [0.15, 0.2) is 30.3 Å². The summed E-state index contributed by atoms with van der Waals surface area (Å²) in [6.45, 7) is 10.2. The summed E-state index contributed by atoms with van der Waals surface area (Å²) < 4.78 is 20.4. The first-order valence-corrected chi connectivity index (χ1v) is 7.31. The van der Waals surface area contributed by atoms with Crippen molar-refractivity contribution in [2.45, 2.75) is 40.2 Å². The third kappa shape index (κ3) is 3.38. The average Bonchev–Trinajstić information content (AvgIpc) is 2.72. The van der Waals surface area contributed by atoms with Crippen molar-refractivity contribution in [3.05, 3.63) is 53.1 Å². The van der Waals surface area contributed by atoms with Gasteiger partial charge in [-0.1, -0.05) is 0 Å². The molecule has 0 radical (unpaired) electrons. The first kappa shape index (κ1) is 16.3. The monoisotopic (exact) mass is 303 g/mol. The van der Waals surface area contributed by atoms with E-state index in [2.05, 4.69) is 25.3 Å². The van der Waals surface area contributed by atoms with Gasteiger partial charge >= 0.3 is 0 Å². The number of benzene rings is 1. The smallest absolute Gasteiger partial charge is 0.202 e. The Kier molecular flexibility index (Phi) is 4.40. The number of halogens is 1.